The maximum atomic E-state index is 11.6. The zero-order valence-electron chi connectivity index (χ0n) is 14.7. The zero-order chi connectivity index (χ0) is 18.3. The first kappa shape index (κ1) is 20.2. The number of esters is 1. The van der Waals surface area contributed by atoms with Crippen molar-refractivity contribution in [2.24, 2.45) is 0 Å². The highest BCUT2D eigenvalue weighted by molar-refractivity contribution is 5.82. The Morgan fingerprint density at radius 2 is 1.88 bits per heavy atom. The number of benzene rings is 1. The van der Waals surface area contributed by atoms with Gasteiger partial charge in [0.25, 0.3) is 0 Å². The van der Waals surface area contributed by atoms with Crippen LogP contribution in [0.5, 0.6) is 0 Å². The molecule has 0 radical (unpaired) electrons. The molecule has 25 heavy (non-hydrogen) atoms. The van der Waals surface area contributed by atoms with Gasteiger partial charge in [-0.2, -0.15) is 0 Å². The van der Waals surface area contributed by atoms with Gasteiger partial charge in [-0.3, -0.25) is 0 Å². The van der Waals surface area contributed by atoms with Gasteiger partial charge in [-0.1, -0.05) is 60.2 Å². The van der Waals surface area contributed by atoms with Crippen molar-refractivity contribution in [2.75, 3.05) is 13.2 Å². The highest BCUT2D eigenvalue weighted by Gasteiger charge is 2.00. The Kier molecular flexibility index (Phi) is 10.2. The molecular formula is C20H25NO4. The van der Waals surface area contributed by atoms with Gasteiger partial charge in [0.15, 0.2) is 0 Å². The summed E-state index contributed by atoms with van der Waals surface area (Å²) in [6, 6.07) is 9.53. The summed E-state index contributed by atoms with van der Waals surface area (Å²) in [4.78, 5) is 22.7. The van der Waals surface area contributed by atoms with E-state index < -0.39 is 6.09 Å². The van der Waals surface area contributed by atoms with E-state index in [0.29, 0.717) is 19.6 Å². The van der Waals surface area contributed by atoms with Crippen LogP contribution in [0.4, 0.5) is 4.79 Å². The summed E-state index contributed by atoms with van der Waals surface area (Å²) in [5, 5.41) is 2.69. The Morgan fingerprint density at radius 3 is 2.60 bits per heavy atom. The number of rotatable bonds is 9. The van der Waals surface area contributed by atoms with Gasteiger partial charge >= 0.3 is 12.1 Å². The standard InChI is InChI=1S/C20H25NO4/c1-3-24-19(22)14-9-11-17(2)10-7-8-15-21-20(23)25-16-18-12-5-4-6-13-18/h4-7,9-14H,3,8,15-16H2,1-2H3,(H,21,23)/b10-7+,14-9+,17-11+. The van der Waals surface area contributed by atoms with Crippen LogP contribution in [0.3, 0.4) is 0 Å². The Balaban J connectivity index is 2.17. The normalized spacial score (nSPS) is 11.7. The maximum Gasteiger partial charge on any atom is 0.407 e. The molecule has 0 aliphatic heterocycles. The molecule has 0 heterocycles. The fourth-order valence-corrected chi connectivity index (χ4v) is 1.83. The highest BCUT2D eigenvalue weighted by Crippen LogP contribution is 2.01. The quantitative estimate of drug-likeness (QED) is 0.319. The van der Waals surface area contributed by atoms with Gasteiger partial charge in [-0.05, 0) is 25.8 Å². The summed E-state index contributed by atoms with van der Waals surface area (Å²) < 4.78 is 9.89. The topological polar surface area (TPSA) is 64.6 Å². The van der Waals surface area contributed by atoms with E-state index in [-0.39, 0.29) is 12.6 Å². The van der Waals surface area contributed by atoms with Crippen LogP contribution >= 0.6 is 0 Å². The van der Waals surface area contributed by atoms with Gasteiger partial charge in [0.05, 0.1) is 6.61 Å². The molecule has 0 bridgehead atoms. The predicted molar refractivity (Wildman–Crippen MR) is 97.9 cm³/mol. The summed E-state index contributed by atoms with van der Waals surface area (Å²) in [6.45, 7) is 4.81. The first-order chi connectivity index (χ1) is 12.1. The average Bonchev–Trinajstić information content (AvgIpc) is 2.61. The molecule has 0 aliphatic rings. The lowest BCUT2D eigenvalue weighted by Gasteiger charge is -2.05. The lowest BCUT2D eigenvalue weighted by atomic mass is 10.2. The van der Waals surface area contributed by atoms with Crippen molar-refractivity contribution < 1.29 is 19.1 Å². The summed E-state index contributed by atoms with van der Waals surface area (Å²) in [5.41, 5.74) is 1.95. The second-order valence-electron chi connectivity index (χ2n) is 5.20. The summed E-state index contributed by atoms with van der Waals surface area (Å²) in [6.07, 6.45) is 8.97. The van der Waals surface area contributed by atoms with E-state index in [4.69, 9.17) is 9.47 Å². The fraction of sp³-hybridized carbons (Fsp3) is 0.300. The summed E-state index contributed by atoms with van der Waals surface area (Å²) >= 11 is 0. The molecule has 0 aromatic heterocycles. The van der Waals surface area contributed by atoms with Crippen LogP contribution in [-0.2, 0) is 20.9 Å². The number of allylic oxidation sites excluding steroid dienone is 4. The average molecular weight is 343 g/mol. The van der Waals surface area contributed by atoms with Crippen molar-refractivity contribution in [1.82, 2.24) is 5.32 Å². The second kappa shape index (κ2) is 12.6. The van der Waals surface area contributed by atoms with Gasteiger partial charge < -0.3 is 14.8 Å². The molecule has 0 saturated carbocycles. The molecular weight excluding hydrogens is 318 g/mol. The molecule has 1 rings (SSSR count). The van der Waals surface area contributed by atoms with E-state index >= 15 is 0 Å². The molecule has 1 N–H and O–H groups in total. The number of hydrogen-bond donors (Lipinski definition) is 1. The van der Waals surface area contributed by atoms with Gasteiger partial charge in [0.1, 0.15) is 6.61 Å². The van der Waals surface area contributed by atoms with Crippen LogP contribution in [0.2, 0.25) is 0 Å². The number of carbonyl (C=O) groups is 2. The molecule has 134 valence electrons. The van der Waals surface area contributed by atoms with Crippen LogP contribution in [0, 0.1) is 0 Å². The second-order valence-corrected chi connectivity index (χ2v) is 5.20. The van der Waals surface area contributed by atoms with Gasteiger partial charge in [-0.25, -0.2) is 9.59 Å². The Labute approximate surface area is 149 Å². The number of carbonyl (C=O) groups excluding carboxylic acids is 2. The van der Waals surface area contributed by atoms with Crippen LogP contribution < -0.4 is 5.32 Å². The van der Waals surface area contributed by atoms with Crippen molar-refractivity contribution in [3.8, 4) is 0 Å². The molecule has 1 aromatic rings. The minimum atomic E-state index is -0.429. The third-order valence-electron chi connectivity index (χ3n) is 3.05. The predicted octanol–water partition coefficient (Wildman–Crippen LogP) is 3.92. The fourth-order valence-electron chi connectivity index (χ4n) is 1.83. The lowest BCUT2D eigenvalue weighted by Crippen LogP contribution is -2.24. The number of alkyl carbamates (subject to hydrolysis) is 1. The zero-order valence-corrected chi connectivity index (χ0v) is 14.7. The van der Waals surface area contributed by atoms with Crippen LogP contribution in [0.15, 0.2) is 66.3 Å². The van der Waals surface area contributed by atoms with E-state index in [0.717, 1.165) is 11.1 Å². The van der Waals surface area contributed by atoms with Crippen LogP contribution in [0.1, 0.15) is 25.8 Å². The molecule has 5 nitrogen and oxygen atoms in total. The molecule has 0 unspecified atom stereocenters. The minimum Gasteiger partial charge on any atom is -0.463 e. The van der Waals surface area contributed by atoms with Crippen molar-refractivity contribution in [1.29, 1.82) is 0 Å². The largest absolute Gasteiger partial charge is 0.463 e. The van der Waals surface area contributed by atoms with Crippen LogP contribution in [-0.4, -0.2) is 25.2 Å². The lowest BCUT2D eigenvalue weighted by molar-refractivity contribution is -0.137. The first-order valence-corrected chi connectivity index (χ1v) is 8.24. The van der Waals surface area contributed by atoms with Crippen molar-refractivity contribution in [2.45, 2.75) is 26.9 Å². The Morgan fingerprint density at radius 1 is 1.12 bits per heavy atom. The van der Waals surface area contributed by atoms with Crippen LogP contribution in [0.25, 0.3) is 0 Å². The third-order valence-corrected chi connectivity index (χ3v) is 3.05. The van der Waals surface area contributed by atoms with Gasteiger partial charge in [0.2, 0.25) is 0 Å². The van der Waals surface area contributed by atoms with E-state index in [2.05, 4.69) is 5.32 Å². The number of amides is 1. The third kappa shape index (κ3) is 10.5. The highest BCUT2D eigenvalue weighted by atomic mass is 16.5. The first-order valence-electron chi connectivity index (χ1n) is 8.24. The molecule has 1 aromatic carbocycles. The molecule has 0 fully saturated rings. The smallest absolute Gasteiger partial charge is 0.407 e. The van der Waals surface area contributed by atoms with Crippen molar-refractivity contribution >= 4 is 12.1 Å². The Bertz CT molecular complexity index is 618. The number of ether oxygens (including phenoxy) is 2. The van der Waals surface area contributed by atoms with E-state index in [1.165, 1.54) is 6.08 Å². The minimum absolute atomic E-state index is 0.261. The molecule has 0 atom stereocenters. The van der Waals surface area contributed by atoms with Crippen molar-refractivity contribution in [3.63, 3.8) is 0 Å². The van der Waals surface area contributed by atoms with Gasteiger partial charge in [-0.15, -0.1) is 0 Å². The van der Waals surface area contributed by atoms with E-state index in [9.17, 15) is 9.59 Å². The molecule has 5 heteroatoms. The van der Waals surface area contributed by atoms with E-state index in [1.54, 1.807) is 13.0 Å². The number of hydrogen-bond acceptors (Lipinski definition) is 4. The number of nitrogens with one attached hydrogen (secondary N) is 1. The molecule has 1 amide bonds. The van der Waals surface area contributed by atoms with E-state index in [1.807, 2.05) is 55.5 Å². The summed E-state index contributed by atoms with van der Waals surface area (Å²) in [7, 11) is 0. The molecule has 0 aliphatic carbocycles. The SMILES string of the molecule is CCOC(=O)/C=C/C=C(C)/C=C/CCNC(=O)OCc1ccccc1. The van der Waals surface area contributed by atoms with Gasteiger partial charge in [0, 0.05) is 12.6 Å². The van der Waals surface area contributed by atoms with Crippen molar-refractivity contribution in [3.05, 3.63) is 71.8 Å². The maximum absolute atomic E-state index is 11.6. The Hall–Kier alpha value is -2.82. The monoisotopic (exact) mass is 343 g/mol. The summed E-state index contributed by atoms with van der Waals surface area (Å²) in [5.74, 6) is -0.353. The molecule has 0 saturated heterocycles. The molecule has 0 spiro atoms.